The first-order valence-electron chi connectivity index (χ1n) is 5.49. The molecule has 84 valence electrons. The van der Waals surface area contributed by atoms with Gasteiger partial charge in [-0.15, -0.1) is 0 Å². The van der Waals surface area contributed by atoms with Gasteiger partial charge in [0.15, 0.2) is 0 Å². The second kappa shape index (κ2) is 4.56. The minimum atomic E-state index is -2.38. The summed E-state index contributed by atoms with van der Waals surface area (Å²) in [5, 5.41) is 0. The molecule has 0 saturated heterocycles. The Morgan fingerprint density at radius 1 is 1.29 bits per heavy atom. The Hall–Kier alpha value is -0.180. The van der Waals surface area contributed by atoms with E-state index in [0.717, 1.165) is 6.54 Å². The van der Waals surface area contributed by atoms with Gasteiger partial charge in [0.2, 0.25) is 5.92 Å². The molecule has 0 aromatic rings. The van der Waals surface area contributed by atoms with Gasteiger partial charge in [0.05, 0.1) is 0 Å². The number of alkyl halides is 2. The smallest absolute Gasteiger partial charge is 0.248 e. The summed E-state index contributed by atoms with van der Waals surface area (Å²) in [5.74, 6) is -1.91. The van der Waals surface area contributed by atoms with Gasteiger partial charge in [0.1, 0.15) is 0 Å². The number of halogens is 2. The highest BCUT2D eigenvalue weighted by atomic mass is 19.3. The molecule has 0 aromatic carbocycles. The molecular formula is C11H21F2N. The monoisotopic (exact) mass is 205 g/mol. The van der Waals surface area contributed by atoms with Gasteiger partial charge in [0, 0.05) is 25.4 Å². The molecule has 1 nitrogen and oxygen atoms in total. The van der Waals surface area contributed by atoms with Crippen molar-refractivity contribution in [3.63, 3.8) is 0 Å². The van der Waals surface area contributed by atoms with E-state index in [2.05, 4.69) is 25.8 Å². The van der Waals surface area contributed by atoms with Gasteiger partial charge < -0.3 is 4.90 Å². The molecule has 0 unspecified atom stereocenters. The molecular weight excluding hydrogens is 184 g/mol. The molecule has 3 heteroatoms. The Labute approximate surface area is 85.5 Å². The van der Waals surface area contributed by atoms with Crippen molar-refractivity contribution >= 4 is 0 Å². The highest BCUT2D eigenvalue weighted by Gasteiger charge is 2.35. The second-order valence-electron chi connectivity index (χ2n) is 4.83. The molecule has 0 spiro atoms. The van der Waals surface area contributed by atoms with Crippen LogP contribution in [0.1, 0.15) is 39.5 Å². The molecule has 0 bridgehead atoms. The molecule has 0 aliphatic heterocycles. The zero-order valence-corrected chi connectivity index (χ0v) is 9.39. The minimum Gasteiger partial charge on any atom is -0.304 e. The van der Waals surface area contributed by atoms with Gasteiger partial charge in [-0.3, -0.25) is 0 Å². The third kappa shape index (κ3) is 3.52. The Bertz CT molecular complexity index is 170. The van der Waals surface area contributed by atoms with E-state index in [1.54, 1.807) is 0 Å². The fourth-order valence-electron chi connectivity index (χ4n) is 1.90. The lowest BCUT2D eigenvalue weighted by Gasteiger charge is -2.32. The first kappa shape index (κ1) is 11.9. The summed E-state index contributed by atoms with van der Waals surface area (Å²) in [6.07, 6.45) is 1.54. The topological polar surface area (TPSA) is 3.24 Å². The molecule has 0 aromatic heterocycles. The molecule has 0 radical (unpaired) electrons. The maximum absolute atomic E-state index is 12.9. The van der Waals surface area contributed by atoms with Gasteiger partial charge >= 0.3 is 0 Å². The fourth-order valence-corrected chi connectivity index (χ4v) is 1.90. The molecule has 0 atom stereocenters. The van der Waals surface area contributed by atoms with E-state index in [4.69, 9.17) is 0 Å². The van der Waals surface area contributed by atoms with Crippen molar-refractivity contribution in [3.8, 4) is 0 Å². The van der Waals surface area contributed by atoms with Crippen LogP contribution in [0.3, 0.4) is 0 Å². The zero-order valence-electron chi connectivity index (χ0n) is 9.39. The van der Waals surface area contributed by atoms with Crippen LogP contribution >= 0.6 is 0 Å². The standard InChI is InChI=1S/C11H21F2N/c1-9(2)14(3)8-10-4-6-11(12,13)7-5-10/h9-10H,4-8H2,1-3H3. The zero-order chi connectivity index (χ0) is 10.8. The molecule has 1 saturated carbocycles. The molecule has 0 amide bonds. The van der Waals surface area contributed by atoms with Crippen LogP contribution < -0.4 is 0 Å². The Balaban J connectivity index is 2.29. The SMILES string of the molecule is CC(C)N(C)CC1CCC(F)(F)CC1. The number of hydrogen-bond donors (Lipinski definition) is 0. The Kier molecular flexibility index (Phi) is 3.87. The van der Waals surface area contributed by atoms with Crippen molar-refractivity contribution in [2.24, 2.45) is 5.92 Å². The molecule has 1 rings (SSSR count). The number of nitrogens with zero attached hydrogens (tertiary/aromatic N) is 1. The molecule has 0 N–H and O–H groups in total. The predicted molar refractivity (Wildman–Crippen MR) is 54.7 cm³/mol. The van der Waals surface area contributed by atoms with Crippen LogP contribution in [-0.2, 0) is 0 Å². The molecule has 1 aliphatic rings. The third-order valence-electron chi connectivity index (χ3n) is 3.26. The number of hydrogen-bond acceptors (Lipinski definition) is 1. The number of rotatable bonds is 3. The predicted octanol–water partition coefficient (Wildman–Crippen LogP) is 3.15. The highest BCUT2D eigenvalue weighted by Crippen LogP contribution is 2.36. The van der Waals surface area contributed by atoms with Crippen molar-refractivity contribution in [2.75, 3.05) is 13.6 Å². The largest absolute Gasteiger partial charge is 0.304 e. The van der Waals surface area contributed by atoms with Crippen molar-refractivity contribution in [2.45, 2.75) is 51.5 Å². The van der Waals surface area contributed by atoms with Crippen molar-refractivity contribution in [1.29, 1.82) is 0 Å². The van der Waals surface area contributed by atoms with Crippen molar-refractivity contribution in [3.05, 3.63) is 0 Å². The van der Waals surface area contributed by atoms with E-state index < -0.39 is 5.92 Å². The molecule has 0 heterocycles. The minimum absolute atomic E-state index is 0.0869. The van der Waals surface area contributed by atoms with Gasteiger partial charge in [-0.2, -0.15) is 0 Å². The lowest BCUT2D eigenvalue weighted by molar-refractivity contribution is -0.0488. The van der Waals surface area contributed by atoms with Gasteiger partial charge in [-0.05, 0) is 39.7 Å². The normalized spacial score (nSPS) is 23.4. The third-order valence-corrected chi connectivity index (χ3v) is 3.26. The first-order chi connectivity index (χ1) is 6.41. The van der Waals surface area contributed by atoms with Gasteiger partial charge in [-0.1, -0.05) is 0 Å². The lowest BCUT2D eigenvalue weighted by Crippen LogP contribution is -2.35. The summed E-state index contributed by atoms with van der Waals surface area (Å²) in [4.78, 5) is 2.24. The van der Waals surface area contributed by atoms with Crippen LogP contribution in [0.15, 0.2) is 0 Å². The first-order valence-corrected chi connectivity index (χ1v) is 5.49. The maximum atomic E-state index is 12.9. The highest BCUT2D eigenvalue weighted by molar-refractivity contribution is 4.79. The van der Waals surface area contributed by atoms with E-state index >= 15 is 0 Å². The summed E-state index contributed by atoms with van der Waals surface area (Å²) in [5.41, 5.74) is 0. The van der Waals surface area contributed by atoms with Crippen LogP contribution in [0.2, 0.25) is 0 Å². The van der Waals surface area contributed by atoms with Gasteiger partial charge in [0.25, 0.3) is 0 Å². The quantitative estimate of drug-likeness (QED) is 0.684. The van der Waals surface area contributed by atoms with E-state index in [1.165, 1.54) is 0 Å². The van der Waals surface area contributed by atoms with Crippen molar-refractivity contribution in [1.82, 2.24) is 4.90 Å². The summed E-state index contributed by atoms with van der Waals surface area (Å²) in [6, 6.07) is 0.512. The molecule has 1 aliphatic carbocycles. The van der Waals surface area contributed by atoms with Gasteiger partial charge in [-0.25, -0.2) is 8.78 Å². The summed E-state index contributed by atoms with van der Waals surface area (Å²) >= 11 is 0. The van der Waals surface area contributed by atoms with E-state index in [1.807, 2.05) is 0 Å². The average molecular weight is 205 g/mol. The molecule has 14 heavy (non-hydrogen) atoms. The van der Waals surface area contributed by atoms with Crippen LogP contribution in [0, 0.1) is 5.92 Å². The average Bonchev–Trinajstić information content (AvgIpc) is 2.08. The van der Waals surface area contributed by atoms with E-state index in [0.29, 0.717) is 24.8 Å². The Morgan fingerprint density at radius 2 is 1.79 bits per heavy atom. The summed E-state index contributed by atoms with van der Waals surface area (Å²) in [6.45, 7) is 5.24. The van der Waals surface area contributed by atoms with E-state index in [-0.39, 0.29) is 12.8 Å². The van der Waals surface area contributed by atoms with Crippen LogP contribution in [0.25, 0.3) is 0 Å². The lowest BCUT2D eigenvalue weighted by atomic mass is 9.86. The molecule has 1 fully saturated rings. The second-order valence-corrected chi connectivity index (χ2v) is 4.83. The summed E-state index contributed by atoms with van der Waals surface area (Å²) in [7, 11) is 2.07. The Morgan fingerprint density at radius 3 is 2.21 bits per heavy atom. The van der Waals surface area contributed by atoms with Crippen LogP contribution in [-0.4, -0.2) is 30.5 Å². The van der Waals surface area contributed by atoms with E-state index in [9.17, 15) is 8.78 Å². The van der Waals surface area contributed by atoms with Crippen LogP contribution in [0.5, 0.6) is 0 Å². The summed E-state index contributed by atoms with van der Waals surface area (Å²) < 4.78 is 25.7. The van der Waals surface area contributed by atoms with Crippen LogP contribution in [0.4, 0.5) is 8.78 Å². The van der Waals surface area contributed by atoms with Crippen molar-refractivity contribution < 1.29 is 8.78 Å². The maximum Gasteiger partial charge on any atom is 0.248 e. The fraction of sp³-hybridized carbons (Fsp3) is 1.00.